The van der Waals surface area contributed by atoms with Crippen molar-refractivity contribution >= 4 is 33.9 Å². The highest BCUT2D eigenvalue weighted by Gasteiger charge is 2.23. The van der Waals surface area contributed by atoms with Crippen molar-refractivity contribution in [2.24, 2.45) is 7.05 Å². The van der Waals surface area contributed by atoms with E-state index in [1.165, 1.54) is 6.08 Å². The fourth-order valence-corrected chi connectivity index (χ4v) is 4.93. The number of esters is 1. The van der Waals surface area contributed by atoms with Crippen LogP contribution >= 0.6 is 0 Å². The minimum atomic E-state index is -1.16. The molecular formula is C32H39N5O5. The highest BCUT2D eigenvalue weighted by molar-refractivity contribution is 5.97. The number of hydrogen-bond acceptors (Lipinski definition) is 7. The molecule has 0 bridgehead atoms. The van der Waals surface area contributed by atoms with E-state index < -0.39 is 24.0 Å². The number of nitrogens with one attached hydrogen (secondary N) is 1. The van der Waals surface area contributed by atoms with E-state index in [0.717, 1.165) is 35.1 Å². The van der Waals surface area contributed by atoms with Crippen molar-refractivity contribution in [1.29, 1.82) is 0 Å². The molecule has 2 atom stereocenters. The van der Waals surface area contributed by atoms with Gasteiger partial charge in [0.25, 0.3) is 0 Å². The van der Waals surface area contributed by atoms with Crippen LogP contribution in [0.5, 0.6) is 5.75 Å². The standard InChI is InChI=1S/C32H39N5O5/c1-8-10-11-15-37-25(17-21-13-14-23(34-29(21)37)20(5)33-31(39)26(38)12-9-2)30-35-24-16-22(32(40)42-19(3)4)18-27(41-7)28(24)36(30)6/h8-9,13-14,16-20,26,38H,1-2,10-12,15H2,3-7H3,(H,33,39)/t20-,26+/m1/s1. The molecule has 0 aliphatic carbocycles. The molecule has 0 aliphatic rings. The zero-order valence-corrected chi connectivity index (χ0v) is 24.9. The molecule has 3 heterocycles. The molecule has 1 aromatic carbocycles. The van der Waals surface area contributed by atoms with Crippen LogP contribution in [0.3, 0.4) is 0 Å². The van der Waals surface area contributed by atoms with Gasteiger partial charge in [0.2, 0.25) is 5.91 Å². The third-order valence-electron chi connectivity index (χ3n) is 7.01. The van der Waals surface area contributed by atoms with Crippen LogP contribution in [0.25, 0.3) is 33.6 Å². The van der Waals surface area contributed by atoms with Crippen LogP contribution < -0.4 is 10.1 Å². The first-order valence-electron chi connectivity index (χ1n) is 14.1. The molecule has 0 unspecified atom stereocenters. The molecule has 0 radical (unpaired) electrons. The van der Waals surface area contributed by atoms with Crippen molar-refractivity contribution in [3.8, 4) is 17.3 Å². The molecule has 0 aliphatic heterocycles. The highest BCUT2D eigenvalue weighted by atomic mass is 16.5. The van der Waals surface area contributed by atoms with Crippen molar-refractivity contribution in [3.05, 3.63) is 66.9 Å². The number of unbranched alkanes of at least 4 members (excludes halogenated alkanes) is 1. The average Bonchev–Trinajstić information content (AvgIpc) is 3.48. The Morgan fingerprint density at radius 3 is 2.55 bits per heavy atom. The van der Waals surface area contributed by atoms with Crippen LogP contribution in [0.15, 0.2) is 55.6 Å². The summed E-state index contributed by atoms with van der Waals surface area (Å²) < 4.78 is 15.1. The van der Waals surface area contributed by atoms with Gasteiger partial charge in [-0.05, 0) is 63.9 Å². The van der Waals surface area contributed by atoms with E-state index in [1.807, 2.05) is 42.8 Å². The molecule has 3 aromatic heterocycles. The molecule has 0 spiro atoms. The largest absolute Gasteiger partial charge is 0.494 e. The van der Waals surface area contributed by atoms with Crippen molar-refractivity contribution < 1.29 is 24.2 Å². The first kappa shape index (κ1) is 30.5. The lowest BCUT2D eigenvalue weighted by molar-refractivity contribution is -0.129. The number of fused-ring (bicyclic) bond motifs is 2. The summed E-state index contributed by atoms with van der Waals surface area (Å²) in [6, 6.07) is 8.85. The van der Waals surface area contributed by atoms with E-state index in [0.29, 0.717) is 34.9 Å². The summed E-state index contributed by atoms with van der Waals surface area (Å²) in [7, 11) is 3.48. The van der Waals surface area contributed by atoms with Crippen molar-refractivity contribution in [2.75, 3.05) is 7.11 Å². The number of carbonyl (C=O) groups excluding carboxylic acids is 2. The smallest absolute Gasteiger partial charge is 0.338 e. The Morgan fingerprint density at radius 1 is 1.12 bits per heavy atom. The Labute approximate surface area is 245 Å². The van der Waals surface area contributed by atoms with Gasteiger partial charge in [-0.2, -0.15) is 0 Å². The molecule has 1 amide bonds. The highest BCUT2D eigenvalue weighted by Crippen LogP contribution is 2.34. The number of benzene rings is 1. The van der Waals surface area contributed by atoms with Crippen LogP contribution in [-0.4, -0.2) is 55.4 Å². The minimum Gasteiger partial charge on any atom is -0.494 e. The number of ether oxygens (including phenoxy) is 2. The molecule has 42 heavy (non-hydrogen) atoms. The van der Waals surface area contributed by atoms with Crippen LogP contribution in [-0.2, 0) is 23.1 Å². The van der Waals surface area contributed by atoms with E-state index in [9.17, 15) is 14.7 Å². The topological polar surface area (TPSA) is 120 Å². The summed E-state index contributed by atoms with van der Waals surface area (Å²) in [6.45, 7) is 13.5. The third-order valence-corrected chi connectivity index (χ3v) is 7.01. The van der Waals surface area contributed by atoms with Gasteiger partial charge >= 0.3 is 5.97 Å². The molecule has 10 heteroatoms. The molecule has 4 rings (SSSR count). The number of nitrogens with zero attached hydrogens (tertiary/aromatic N) is 4. The van der Waals surface area contributed by atoms with E-state index in [2.05, 4.69) is 23.0 Å². The van der Waals surface area contributed by atoms with Gasteiger partial charge in [0, 0.05) is 25.4 Å². The number of hydrogen-bond donors (Lipinski definition) is 2. The number of imidazole rings is 1. The van der Waals surface area contributed by atoms with E-state index in [-0.39, 0.29) is 12.5 Å². The second-order valence-electron chi connectivity index (χ2n) is 10.5. The summed E-state index contributed by atoms with van der Waals surface area (Å²) >= 11 is 0. The van der Waals surface area contributed by atoms with Gasteiger partial charge < -0.3 is 29.0 Å². The van der Waals surface area contributed by atoms with Crippen LogP contribution in [0.1, 0.15) is 62.1 Å². The maximum absolute atomic E-state index is 12.7. The predicted molar refractivity (Wildman–Crippen MR) is 163 cm³/mol. The van der Waals surface area contributed by atoms with Gasteiger partial charge in [-0.15, -0.1) is 13.2 Å². The maximum Gasteiger partial charge on any atom is 0.338 e. The summed E-state index contributed by atoms with van der Waals surface area (Å²) in [4.78, 5) is 35.0. The van der Waals surface area contributed by atoms with Gasteiger partial charge in [0.05, 0.1) is 41.7 Å². The number of amides is 1. The summed E-state index contributed by atoms with van der Waals surface area (Å²) in [5.41, 5.74) is 3.98. The zero-order valence-electron chi connectivity index (χ0n) is 24.9. The van der Waals surface area contributed by atoms with Gasteiger partial charge in [0.15, 0.2) is 5.82 Å². The number of aliphatic hydroxyl groups is 1. The Bertz CT molecular complexity index is 1630. The second-order valence-corrected chi connectivity index (χ2v) is 10.5. The Morgan fingerprint density at radius 2 is 1.88 bits per heavy atom. The molecule has 222 valence electrons. The Hall–Kier alpha value is -4.44. The minimum absolute atomic E-state index is 0.170. The Balaban J connectivity index is 1.82. The van der Waals surface area contributed by atoms with Crippen molar-refractivity contribution in [3.63, 3.8) is 0 Å². The fourth-order valence-electron chi connectivity index (χ4n) is 4.93. The molecule has 0 saturated heterocycles. The van der Waals surface area contributed by atoms with Crippen LogP contribution in [0.4, 0.5) is 0 Å². The SMILES string of the molecule is C=CCCCn1c(-c2nc3cc(C(=O)OC(C)C)cc(OC)c3n2C)cc2ccc([C@@H](C)NC(=O)[C@@H](O)CC=C)nc21. The number of rotatable bonds is 13. The monoisotopic (exact) mass is 573 g/mol. The van der Waals surface area contributed by atoms with Crippen LogP contribution in [0, 0.1) is 0 Å². The number of aryl methyl sites for hydroxylation is 2. The van der Waals surface area contributed by atoms with Gasteiger partial charge in [0.1, 0.15) is 23.0 Å². The van der Waals surface area contributed by atoms with E-state index in [4.69, 9.17) is 19.4 Å². The fraction of sp³-hybridized carbons (Fsp3) is 0.375. The molecular weight excluding hydrogens is 534 g/mol. The molecule has 4 aromatic rings. The number of pyridine rings is 1. The zero-order chi connectivity index (χ0) is 30.6. The van der Waals surface area contributed by atoms with Gasteiger partial charge in [-0.3, -0.25) is 4.79 Å². The summed E-state index contributed by atoms with van der Waals surface area (Å²) in [6.07, 6.45) is 3.80. The first-order valence-corrected chi connectivity index (χ1v) is 14.1. The average molecular weight is 574 g/mol. The maximum atomic E-state index is 12.7. The first-order chi connectivity index (χ1) is 20.1. The van der Waals surface area contributed by atoms with Crippen molar-refractivity contribution in [1.82, 2.24) is 24.4 Å². The number of aliphatic hydroxyl groups excluding tert-OH is 1. The summed E-state index contributed by atoms with van der Waals surface area (Å²) in [5.74, 6) is 0.287. The third kappa shape index (κ3) is 6.23. The van der Waals surface area contributed by atoms with E-state index in [1.54, 1.807) is 33.1 Å². The normalized spacial score (nSPS) is 12.8. The molecule has 2 N–H and O–H groups in total. The lowest BCUT2D eigenvalue weighted by Gasteiger charge is -2.16. The molecule has 0 fully saturated rings. The van der Waals surface area contributed by atoms with E-state index >= 15 is 0 Å². The number of carbonyl (C=O) groups is 2. The molecule has 0 saturated carbocycles. The second kappa shape index (κ2) is 13.0. The number of methoxy groups -OCH3 is 1. The number of allylic oxidation sites excluding steroid dienone is 1. The number of aromatic nitrogens is 4. The molecule has 10 nitrogen and oxygen atoms in total. The van der Waals surface area contributed by atoms with Crippen molar-refractivity contribution in [2.45, 2.75) is 64.8 Å². The van der Waals surface area contributed by atoms with Crippen LogP contribution in [0.2, 0.25) is 0 Å². The lowest BCUT2D eigenvalue weighted by atomic mass is 10.1. The quantitative estimate of drug-likeness (QED) is 0.127. The van der Waals surface area contributed by atoms with Gasteiger partial charge in [-0.25, -0.2) is 14.8 Å². The lowest BCUT2D eigenvalue weighted by Crippen LogP contribution is -2.36. The van der Waals surface area contributed by atoms with Gasteiger partial charge in [-0.1, -0.05) is 12.2 Å². The summed E-state index contributed by atoms with van der Waals surface area (Å²) in [5, 5.41) is 13.8. The Kier molecular flexibility index (Phi) is 9.47. The predicted octanol–water partition coefficient (Wildman–Crippen LogP) is 5.24.